The summed E-state index contributed by atoms with van der Waals surface area (Å²) in [6.07, 6.45) is 0. The van der Waals surface area contributed by atoms with E-state index in [-0.39, 0.29) is 11.3 Å². The predicted molar refractivity (Wildman–Crippen MR) is 99.3 cm³/mol. The molecule has 130 valence electrons. The molecule has 1 aromatic heterocycles. The molecule has 0 saturated heterocycles. The number of anilines is 1. The van der Waals surface area contributed by atoms with Crippen LogP contribution in [0, 0.1) is 0 Å². The molecule has 0 radical (unpaired) electrons. The maximum absolute atomic E-state index is 12.4. The third kappa shape index (κ3) is 4.15. The van der Waals surface area contributed by atoms with Crippen LogP contribution < -0.4 is 11.2 Å². The third-order valence-electron chi connectivity index (χ3n) is 3.20. The molecule has 0 spiro atoms. The van der Waals surface area contributed by atoms with Gasteiger partial charge in [-0.3, -0.25) is 4.79 Å². The van der Waals surface area contributed by atoms with Crippen LogP contribution in [0.4, 0.5) is 5.69 Å². The van der Waals surface area contributed by atoms with Crippen LogP contribution in [-0.2, 0) is 10.2 Å². The second-order valence-corrected chi connectivity index (χ2v) is 8.39. The summed E-state index contributed by atoms with van der Waals surface area (Å²) >= 11 is 13.3. The van der Waals surface area contributed by atoms with Crippen LogP contribution in [-0.4, -0.2) is 26.0 Å². The van der Waals surface area contributed by atoms with E-state index in [1.165, 1.54) is 16.4 Å². The van der Waals surface area contributed by atoms with Crippen LogP contribution in [0.25, 0.3) is 0 Å². The van der Waals surface area contributed by atoms with Crippen molar-refractivity contribution in [2.24, 2.45) is 0 Å². The Labute approximate surface area is 155 Å². The van der Waals surface area contributed by atoms with Crippen LogP contribution in [0.3, 0.4) is 0 Å². The van der Waals surface area contributed by atoms with Crippen molar-refractivity contribution in [1.82, 2.24) is 14.9 Å². The average Bonchev–Trinajstić information content (AvgIpc) is 2.84. The van der Waals surface area contributed by atoms with Gasteiger partial charge in [-0.15, -0.1) is 10.2 Å². The van der Waals surface area contributed by atoms with Gasteiger partial charge in [0.1, 0.15) is 0 Å². The Bertz CT molecular complexity index is 737. The number of aromatic nitrogens is 3. The lowest BCUT2D eigenvalue weighted by Crippen LogP contribution is -2.26. The number of carbonyl (C=O) groups is 1. The van der Waals surface area contributed by atoms with Gasteiger partial charge in [0.25, 0.3) is 0 Å². The topological polar surface area (TPSA) is 85.8 Å². The summed E-state index contributed by atoms with van der Waals surface area (Å²) in [5, 5.41) is 11.7. The van der Waals surface area contributed by atoms with Gasteiger partial charge in [-0.2, -0.15) is 0 Å². The van der Waals surface area contributed by atoms with Gasteiger partial charge in [0, 0.05) is 5.41 Å². The zero-order valence-electron chi connectivity index (χ0n) is 13.8. The molecule has 0 aliphatic rings. The van der Waals surface area contributed by atoms with E-state index in [1.807, 2.05) is 20.8 Å². The van der Waals surface area contributed by atoms with Crippen molar-refractivity contribution >= 4 is 46.6 Å². The molecule has 1 atom stereocenters. The summed E-state index contributed by atoms with van der Waals surface area (Å²) < 4.78 is 1.41. The number of hydrogen-bond donors (Lipinski definition) is 2. The van der Waals surface area contributed by atoms with E-state index < -0.39 is 5.25 Å². The average molecular weight is 388 g/mol. The van der Waals surface area contributed by atoms with E-state index >= 15 is 0 Å². The Kier molecular flexibility index (Phi) is 5.67. The number of benzene rings is 1. The smallest absolute Gasteiger partial charge is 0.237 e. The fourth-order valence-corrected chi connectivity index (χ4v) is 3.18. The first-order valence-electron chi connectivity index (χ1n) is 7.23. The number of rotatable bonds is 4. The molecule has 2 rings (SSSR count). The summed E-state index contributed by atoms with van der Waals surface area (Å²) in [5.74, 6) is 6.43. The number of para-hydroxylation sites is 1. The highest BCUT2D eigenvalue weighted by Gasteiger charge is 2.25. The molecule has 0 aliphatic carbocycles. The normalized spacial score (nSPS) is 12.9. The van der Waals surface area contributed by atoms with Crippen molar-refractivity contribution in [2.75, 3.05) is 11.2 Å². The molecule has 6 nitrogen and oxygen atoms in total. The van der Waals surface area contributed by atoms with E-state index in [4.69, 9.17) is 29.0 Å². The van der Waals surface area contributed by atoms with Crippen molar-refractivity contribution in [2.45, 2.75) is 43.5 Å². The molecule has 9 heteroatoms. The van der Waals surface area contributed by atoms with Gasteiger partial charge in [0.05, 0.1) is 21.0 Å². The molecule has 1 unspecified atom stereocenters. The first-order chi connectivity index (χ1) is 11.1. The molecular weight excluding hydrogens is 369 g/mol. The lowest BCUT2D eigenvalue weighted by Gasteiger charge is -2.17. The molecule has 0 aliphatic heterocycles. The first-order valence-corrected chi connectivity index (χ1v) is 8.87. The van der Waals surface area contributed by atoms with Crippen molar-refractivity contribution in [3.8, 4) is 0 Å². The van der Waals surface area contributed by atoms with E-state index in [0.717, 1.165) is 0 Å². The minimum Gasteiger partial charge on any atom is -0.336 e. The second-order valence-electron chi connectivity index (χ2n) is 6.27. The van der Waals surface area contributed by atoms with Gasteiger partial charge in [0.15, 0.2) is 5.82 Å². The lowest BCUT2D eigenvalue weighted by molar-refractivity contribution is -0.115. The Balaban J connectivity index is 2.11. The van der Waals surface area contributed by atoms with Crippen LogP contribution >= 0.6 is 35.0 Å². The Morgan fingerprint density at radius 1 is 1.29 bits per heavy atom. The zero-order valence-corrected chi connectivity index (χ0v) is 16.1. The minimum absolute atomic E-state index is 0.239. The van der Waals surface area contributed by atoms with Gasteiger partial charge in [-0.25, -0.2) is 4.68 Å². The molecule has 0 bridgehead atoms. The summed E-state index contributed by atoms with van der Waals surface area (Å²) in [6.45, 7) is 7.72. The SMILES string of the molecule is CC(Sc1nnc(C(C)(C)C)n1N)C(=O)Nc1c(Cl)cccc1Cl. The first kappa shape index (κ1) is 18.9. The van der Waals surface area contributed by atoms with Crippen molar-refractivity contribution in [1.29, 1.82) is 0 Å². The zero-order chi connectivity index (χ0) is 18.1. The number of carbonyl (C=O) groups excluding carboxylic acids is 1. The molecule has 1 aromatic carbocycles. The summed E-state index contributed by atoms with van der Waals surface area (Å²) in [7, 11) is 0. The molecule has 0 saturated carbocycles. The van der Waals surface area contributed by atoms with Crippen molar-refractivity contribution in [3.05, 3.63) is 34.1 Å². The molecule has 3 N–H and O–H groups in total. The molecular formula is C15H19Cl2N5OS. The van der Waals surface area contributed by atoms with Gasteiger partial charge >= 0.3 is 0 Å². The molecule has 2 aromatic rings. The monoisotopic (exact) mass is 387 g/mol. The molecule has 1 amide bonds. The summed E-state index contributed by atoms with van der Waals surface area (Å²) in [6, 6.07) is 5.03. The number of hydrogen-bond acceptors (Lipinski definition) is 5. The number of nitrogens with two attached hydrogens (primary N) is 1. The maximum Gasteiger partial charge on any atom is 0.237 e. The highest BCUT2D eigenvalue weighted by Crippen LogP contribution is 2.31. The number of nitrogen functional groups attached to an aromatic ring is 1. The van der Waals surface area contributed by atoms with E-state index in [2.05, 4.69) is 15.5 Å². The van der Waals surface area contributed by atoms with Gasteiger partial charge in [-0.1, -0.05) is 61.8 Å². The second kappa shape index (κ2) is 7.21. The van der Waals surface area contributed by atoms with Gasteiger partial charge < -0.3 is 11.2 Å². The molecule has 0 fully saturated rings. The van der Waals surface area contributed by atoms with Crippen LogP contribution in [0.2, 0.25) is 10.0 Å². The summed E-state index contributed by atoms with van der Waals surface area (Å²) in [5.41, 5.74) is 0.153. The number of thioether (sulfide) groups is 1. The fraction of sp³-hybridized carbons (Fsp3) is 0.400. The highest BCUT2D eigenvalue weighted by atomic mass is 35.5. The largest absolute Gasteiger partial charge is 0.336 e. The standard InChI is InChI=1S/C15H19Cl2N5OS/c1-8(12(23)19-11-9(16)6-5-7-10(11)17)24-14-21-20-13(22(14)18)15(2,3)4/h5-8H,18H2,1-4H3,(H,19,23). The van der Waals surface area contributed by atoms with E-state index in [0.29, 0.717) is 26.7 Å². The van der Waals surface area contributed by atoms with Crippen molar-refractivity contribution < 1.29 is 4.79 Å². The van der Waals surface area contributed by atoms with Crippen LogP contribution in [0.15, 0.2) is 23.4 Å². The van der Waals surface area contributed by atoms with Crippen LogP contribution in [0.5, 0.6) is 0 Å². The minimum atomic E-state index is -0.461. The summed E-state index contributed by atoms with van der Waals surface area (Å²) in [4.78, 5) is 12.4. The number of amides is 1. The van der Waals surface area contributed by atoms with E-state index in [1.54, 1.807) is 25.1 Å². The predicted octanol–water partition coefficient (Wildman–Crippen LogP) is 3.72. The third-order valence-corrected chi connectivity index (χ3v) is 4.88. The number of nitrogens with one attached hydrogen (secondary N) is 1. The number of halogens is 2. The van der Waals surface area contributed by atoms with Crippen LogP contribution in [0.1, 0.15) is 33.5 Å². The molecule has 1 heterocycles. The fourth-order valence-electron chi connectivity index (χ4n) is 1.92. The highest BCUT2D eigenvalue weighted by molar-refractivity contribution is 8.00. The molecule has 24 heavy (non-hydrogen) atoms. The Morgan fingerprint density at radius 2 is 1.88 bits per heavy atom. The Morgan fingerprint density at radius 3 is 2.38 bits per heavy atom. The van der Waals surface area contributed by atoms with Gasteiger partial charge in [-0.05, 0) is 19.1 Å². The van der Waals surface area contributed by atoms with Crippen molar-refractivity contribution in [3.63, 3.8) is 0 Å². The van der Waals surface area contributed by atoms with E-state index in [9.17, 15) is 4.79 Å². The lowest BCUT2D eigenvalue weighted by atomic mass is 9.96. The number of nitrogens with zero attached hydrogens (tertiary/aromatic N) is 3. The van der Waals surface area contributed by atoms with Gasteiger partial charge in [0.2, 0.25) is 11.1 Å². The maximum atomic E-state index is 12.4. The Hall–Kier alpha value is -1.44. The quantitative estimate of drug-likeness (QED) is 0.616.